The third-order valence-electron chi connectivity index (χ3n) is 2.09. The molecule has 92 valence electrons. The van der Waals surface area contributed by atoms with Crippen LogP contribution >= 0.6 is 0 Å². The van der Waals surface area contributed by atoms with Gasteiger partial charge in [-0.15, -0.1) is 0 Å². The van der Waals surface area contributed by atoms with Gasteiger partial charge in [-0.3, -0.25) is 0 Å². The van der Waals surface area contributed by atoms with Crippen molar-refractivity contribution in [3.63, 3.8) is 0 Å². The SMILES string of the molecule is N#CC(O)C(O)c1c(F)cccc1C(F)(F)F. The van der Waals surface area contributed by atoms with Gasteiger partial charge in [-0.25, -0.2) is 4.39 Å². The number of halogens is 4. The van der Waals surface area contributed by atoms with Crippen LogP contribution in [0.2, 0.25) is 0 Å². The monoisotopic (exact) mass is 249 g/mol. The molecular weight excluding hydrogens is 242 g/mol. The van der Waals surface area contributed by atoms with Crippen LogP contribution < -0.4 is 0 Å². The first-order valence-corrected chi connectivity index (χ1v) is 4.40. The van der Waals surface area contributed by atoms with Gasteiger partial charge >= 0.3 is 6.18 Å². The van der Waals surface area contributed by atoms with Crippen LogP contribution in [0.4, 0.5) is 17.6 Å². The molecule has 17 heavy (non-hydrogen) atoms. The normalized spacial score (nSPS) is 15.1. The van der Waals surface area contributed by atoms with Gasteiger partial charge in [0, 0.05) is 5.56 Å². The summed E-state index contributed by atoms with van der Waals surface area (Å²) in [4.78, 5) is 0. The Morgan fingerprint density at radius 2 is 1.82 bits per heavy atom. The first-order valence-electron chi connectivity index (χ1n) is 4.40. The van der Waals surface area contributed by atoms with E-state index < -0.39 is 35.3 Å². The van der Waals surface area contributed by atoms with Gasteiger partial charge in [0.25, 0.3) is 0 Å². The van der Waals surface area contributed by atoms with E-state index in [1.54, 1.807) is 0 Å². The Kier molecular flexibility index (Phi) is 3.70. The van der Waals surface area contributed by atoms with Crippen molar-refractivity contribution >= 4 is 0 Å². The molecule has 0 fully saturated rings. The van der Waals surface area contributed by atoms with Gasteiger partial charge < -0.3 is 10.2 Å². The Labute approximate surface area is 93.5 Å². The molecule has 7 heteroatoms. The Balaban J connectivity index is 3.37. The van der Waals surface area contributed by atoms with Crippen molar-refractivity contribution in [1.29, 1.82) is 5.26 Å². The number of alkyl halides is 3. The predicted molar refractivity (Wildman–Crippen MR) is 48.0 cm³/mol. The van der Waals surface area contributed by atoms with Gasteiger partial charge in [0.1, 0.15) is 11.9 Å². The summed E-state index contributed by atoms with van der Waals surface area (Å²) in [5.74, 6) is -1.33. The number of nitriles is 1. The van der Waals surface area contributed by atoms with E-state index in [0.717, 1.165) is 12.1 Å². The van der Waals surface area contributed by atoms with Crippen molar-refractivity contribution in [3.8, 4) is 6.07 Å². The van der Waals surface area contributed by atoms with Crippen LogP contribution in [-0.2, 0) is 6.18 Å². The second-order valence-electron chi connectivity index (χ2n) is 3.22. The van der Waals surface area contributed by atoms with Crippen LogP contribution in [-0.4, -0.2) is 16.3 Å². The highest BCUT2D eigenvalue weighted by Gasteiger charge is 2.38. The highest BCUT2D eigenvalue weighted by molar-refractivity contribution is 5.34. The number of hydrogen-bond acceptors (Lipinski definition) is 3. The second kappa shape index (κ2) is 4.69. The van der Waals surface area contributed by atoms with E-state index in [0.29, 0.717) is 12.1 Å². The molecule has 1 rings (SSSR count). The smallest absolute Gasteiger partial charge is 0.384 e. The van der Waals surface area contributed by atoms with Crippen molar-refractivity contribution in [2.45, 2.75) is 18.4 Å². The topological polar surface area (TPSA) is 64.2 Å². The minimum Gasteiger partial charge on any atom is -0.384 e. The van der Waals surface area contributed by atoms with E-state index in [2.05, 4.69) is 0 Å². The van der Waals surface area contributed by atoms with Crippen LogP contribution in [0, 0.1) is 17.1 Å². The molecule has 0 aliphatic heterocycles. The van der Waals surface area contributed by atoms with E-state index >= 15 is 0 Å². The molecule has 0 spiro atoms. The summed E-state index contributed by atoms with van der Waals surface area (Å²) < 4.78 is 50.8. The van der Waals surface area contributed by atoms with Crippen molar-refractivity contribution in [1.82, 2.24) is 0 Å². The molecule has 3 nitrogen and oxygen atoms in total. The Bertz CT molecular complexity index is 453. The highest BCUT2D eigenvalue weighted by Crippen LogP contribution is 2.36. The molecule has 0 bridgehead atoms. The van der Waals surface area contributed by atoms with Crippen LogP contribution in [0.25, 0.3) is 0 Å². The molecule has 0 saturated heterocycles. The molecule has 0 heterocycles. The minimum atomic E-state index is -4.88. The summed E-state index contributed by atoms with van der Waals surface area (Å²) in [5, 5.41) is 26.5. The molecule has 1 aromatic carbocycles. The molecule has 2 atom stereocenters. The molecule has 0 saturated carbocycles. The molecule has 2 unspecified atom stereocenters. The van der Waals surface area contributed by atoms with Crippen LogP contribution in [0.1, 0.15) is 17.2 Å². The molecule has 0 aromatic heterocycles. The lowest BCUT2D eigenvalue weighted by Gasteiger charge is -2.18. The van der Waals surface area contributed by atoms with Gasteiger partial charge in [-0.05, 0) is 12.1 Å². The molecule has 1 aromatic rings. The van der Waals surface area contributed by atoms with E-state index in [1.165, 1.54) is 0 Å². The van der Waals surface area contributed by atoms with Gasteiger partial charge in [0.2, 0.25) is 0 Å². The van der Waals surface area contributed by atoms with Crippen LogP contribution in [0.5, 0.6) is 0 Å². The molecular formula is C10H7F4NO2. The van der Waals surface area contributed by atoms with Crippen LogP contribution in [0.15, 0.2) is 18.2 Å². The number of rotatable bonds is 2. The maximum absolute atomic E-state index is 13.2. The van der Waals surface area contributed by atoms with Crippen molar-refractivity contribution in [2.75, 3.05) is 0 Å². The Morgan fingerprint density at radius 3 is 2.29 bits per heavy atom. The quantitative estimate of drug-likeness (QED) is 0.620. The zero-order chi connectivity index (χ0) is 13.2. The molecule has 0 amide bonds. The van der Waals surface area contributed by atoms with Gasteiger partial charge in [0.05, 0.1) is 11.6 Å². The van der Waals surface area contributed by atoms with Crippen molar-refractivity contribution in [3.05, 3.63) is 35.1 Å². The largest absolute Gasteiger partial charge is 0.416 e. The van der Waals surface area contributed by atoms with Crippen molar-refractivity contribution in [2.24, 2.45) is 0 Å². The number of nitrogens with zero attached hydrogens (tertiary/aromatic N) is 1. The zero-order valence-corrected chi connectivity index (χ0v) is 8.24. The first-order chi connectivity index (χ1) is 7.79. The highest BCUT2D eigenvalue weighted by atomic mass is 19.4. The van der Waals surface area contributed by atoms with Crippen molar-refractivity contribution < 1.29 is 27.8 Å². The summed E-state index contributed by atoms with van der Waals surface area (Å²) in [7, 11) is 0. The maximum Gasteiger partial charge on any atom is 0.416 e. The lowest BCUT2D eigenvalue weighted by atomic mass is 9.98. The number of hydrogen-bond donors (Lipinski definition) is 2. The fraction of sp³-hybridized carbons (Fsp3) is 0.300. The Morgan fingerprint density at radius 1 is 1.24 bits per heavy atom. The van der Waals surface area contributed by atoms with E-state index in [4.69, 9.17) is 10.4 Å². The average Bonchev–Trinajstić information content (AvgIpc) is 2.25. The van der Waals surface area contributed by atoms with E-state index in [9.17, 15) is 22.7 Å². The zero-order valence-electron chi connectivity index (χ0n) is 8.24. The summed E-state index contributed by atoms with van der Waals surface area (Å²) in [6, 6.07) is 3.23. The number of benzene rings is 1. The minimum absolute atomic E-state index is 0.561. The molecule has 2 N–H and O–H groups in total. The summed E-state index contributed by atoms with van der Waals surface area (Å²) in [6.45, 7) is 0. The maximum atomic E-state index is 13.2. The lowest BCUT2D eigenvalue weighted by molar-refractivity contribution is -0.140. The molecule has 0 aliphatic carbocycles. The summed E-state index contributed by atoms with van der Waals surface area (Å²) in [6.07, 6.45) is -9.26. The fourth-order valence-electron chi connectivity index (χ4n) is 1.31. The second-order valence-corrected chi connectivity index (χ2v) is 3.22. The molecule has 0 radical (unpaired) electrons. The lowest BCUT2D eigenvalue weighted by Crippen LogP contribution is -2.21. The van der Waals surface area contributed by atoms with E-state index in [1.807, 2.05) is 0 Å². The standard InChI is InChI=1S/C10H7F4NO2/c11-6-3-1-2-5(10(12,13)14)8(6)9(17)7(16)4-15/h1-3,7,9,16-17H. The Hall–Kier alpha value is -1.65. The third-order valence-corrected chi connectivity index (χ3v) is 2.09. The number of aliphatic hydroxyl groups is 2. The summed E-state index contributed by atoms with van der Waals surface area (Å²) >= 11 is 0. The fourth-order valence-corrected chi connectivity index (χ4v) is 1.31. The predicted octanol–water partition coefficient (Wildman–Crippen LogP) is 1.76. The van der Waals surface area contributed by atoms with Gasteiger partial charge in [-0.1, -0.05) is 6.07 Å². The van der Waals surface area contributed by atoms with Gasteiger partial charge in [-0.2, -0.15) is 18.4 Å². The van der Waals surface area contributed by atoms with Crippen LogP contribution in [0.3, 0.4) is 0 Å². The van der Waals surface area contributed by atoms with E-state index in [-0.39, 0.29) is 0 Å². The van der Waals surface area contributed by atoms with Gasteiger partial charge in [0.15, 0.2) is 6.10 Å². The third kappa shape index (κ3) is 2.72. The first kappa shape index (κ1) is 13.4. The molecule has 0 aliphatic rings. The summed E-state index contributed by atoms with van der Waals surface area (Å²) in [5.41, 5.74) is -2.55. The number of aliphatic hydroxyl groups excluding tert-OH is 2. The average molecular weight is 249 g/mol.